The minimum Gasteiger partial charge on any atom is -0.549 e. The second-order valence-corrected chi connectivity index (χ2v) is 7.25. The number of carbonyl (C=O) groups excluding carboxylic acids is 1. The van der Waals surface area contributed by atoms with E-state index < -0.39 is 5.97 Å². The summed E-state index contributed by atoms with van der Waals surface area (Å²) >= 11 is 1.18. The summed E-state index contributed by atoms with van der Waals surface area (Å²) in [6.45, 7) is 0.516. The topological polar surface area (TPSA) is 92.1 Å². The molecule has 7 nitrogen and oxygen atoms in total. The summed E-state index contributed by atoms with van der Waals surface area (Å²) in [5.41, 5.74) is 0.937. The maximum atomic E-state index is 10.8. The molecule has 0 saturated heterocycles. The van der Waals surface area contributed by atoms with Crippen LogP contribution in [-0.2, 0) is 11.3 Å². The standard InChI is InChI=1S/C18H24N4O3S/c1-25-15-9-5-6-13(10-15)19-11-16-20-21-18(26-12-17(23)24)22(16)14-7-3-2-4-8-14/h5-6,9-10,14,19H,2-4,7-8,11-12H2,1H3,(H,23,24)/p-1. The van der Waals surface area contributed by atoms with E-state index in [1.54, 1.807) is 7.11 Å². The van der Waals surface area contributed by atoms with E-state index in [9.17, 15) is 9.90 Å². The monoisotopic (exact) mass is 375 g/mol. The maximum absolute atomic E-state index is 10.8. The number of thioether (sulfide) groups is 1. The zero-order valence-electron chi connectivity index (χ0n) is 14.8. The Hall–Kier alpha value is -2.22. The summed E-state index contributed by atoms with van der Waals surface area (Å²) in [5, 5.41) is 23.4. The van der Waals surface area contributed by atoms with Gasteiger partial charge in [0.1, 0.15) is 5.75 Å². The van der Waals surface area contributed by atoms with Crippen LogP contribution < -0.4 is 15.2 Å². The third-order valence-electron chi connectivity index (χ3n) is 4.51. The fourth-order valence-electron chi connectivity index (χ4n) is 3.27. The van der Waals surface area contributed by atoms with Crippen molar-refractivity contribution in [2.24, 2.45) is 0 Å². The Bertz CT molecular complexity index is 744. The van der Waals surface area contributed by atoms with Crippen molar-refractivity contribution < 1.29 is 14.6 Å². The lowest BCUT2D eigenvalue weighted by atomic mass is 9.95. The van der Waals surface area contributed by atoms with Crippen molar-refractivity contribution in [1.82, 2.24) is 14.8 Å². The van der Waals surface area contributed by atoms with Gasteiger partial charge in [-0.15, -0.1) is 10.2 Å². The Morgan fingerprint density at radius 3 is 2.88 bits per heavy atom. The quantitative estimate of drug-likeness (QED) is 0.707. The molecule has 0 radical (unpaired) electrons. The van der Waals surface area contributed by atoms with Crippen LogP contribution in [0.15, 0.2) is 29.4 Å². The fourth-order valence-corrected chi connectivity index (χ4v) is 4.01. The lowest BCUT2D eigenvalue weighted by Crippen LogP contribution is -2.25. The number of rotatable bonds is 8. The number of carboxylic acids is 1. The van der Waals surface area contributed by atoms with Crippen LogP contribution in [0, 0.1) is 0 Å². The Morgan fingerprint density at radius 1 is 1.35 bits per heavy atom. The summed E-state index contributed by atoms with van der Waals surface area (Å²) in [6.07, 6.45) is 5.75. The molecular weight excluding hydrogens is 352 g/mol. The molecular formula is C18H23N4O3S-. The molecule has 1 aliphatic rings. The average molecular weight is 375 g/mol. The van der Waals surface area contributed by atoms with E-state index in [2.05, 4.69) is 20.1 Å². The van der Waals surface area contributed by atoms with E-state index in [1.165, 1.54) is 31.0 Å². The van der Waals surface area contributed by atoms with Crippen molar-refractivity contribution in [2.45, 2.75) is 49.8 Å². The zero-order valence-corrected chi connectivity index (χ0v) is 15.6. The molecule has 0 atom stereocenters. The molecule has 1 aliphatic carbocycles. The highest BCUT2D eigenvalue weighted by atomic mass is 32.2. The maximum Gasteiger partial charge on any atom is 0.191 e. The molecule has 0 unspecified atom stereocenters. The normalized spacial score (nSPS) is 15.0. The van der Waals surface area contributed by atoms with Crippen molar-refractivity contribution in [3.8, 4) is 5.75 Å². The van der Waals surface area contributed by atoms with E-state index in [0.717, 1.165) is 30.1 Å². The molecule has 3 rings (SSSR count). The molecule has 0 aliphatic heterocycles. The first kappa shape index (κ1) is 18.6. The Morgan fingerprint density at radius 2 is 2.15 bits per heavy atom. The van der Waals surface area contributed by atoms with Gasteiger partial charge >= 0.3 is 0 Å². The molecule has 1 aromatic carbocycles. The Balaban J connectivity index is 1.77. The number of aliphatic carboxylic acids is 1. The number of ether oxygens (including phenoxy) is 1. The number of nitrogens with one attached hydrogen (secondary N) is 1. The van der Waals surface area contributed by atoms with Crippen LogP contribution in [0.5, 0.6) is 5.75 Å². The highest BCUT2D eigenvalue weighted by Gasteiger charge is 2.22. The molecule has 1 N–H and O–H groups in total. The number of hydrogen-bond acceptors (Lipinski definition) is 7. The van der Waals surface area contributed by atoms with Crippen LogP contribution in [-0.4, -0.2) is 33.6 Å². The Labute approximate surface area is 157 Å². The van der Waals surface area contributed by atoms with E-state index in [-0.39, 0.29) is 5.75 Å². The van der Waals surface area contributed by atoms with Crippen molar-refractivity contribution in [1.29, 1.82) is 0 Å². The van der Waals surface area contributed by atoms with Gasteiger partial charge in [-0.1, -0.05) is 37.1 Å². The molecule has 26 heavy (non-hydrogen) atoms. The van der Waals surface area contributed by atoms with Crippen LogP contribution in [0.3, 0.4) is 0 Å². The summed E-state index contributed by atoms with van der Waals surface area (Å²) in [5.74, 6) is 0.396. The predicted molar refractivity (Wildman–Crippen MR) is 98.2 cm³/mol. The third kappa shape index (κ3) is 4.69. The fraction of sp³-hybridized carbons (Fsp3) is 0.500. The second kappa shape index (κ2) is 8.93. The molecule has 1 heterocycles. The summed E-state index contributed by atoms with van der Waals surface area (Å²) in [4.78, 5) is 10.8. The number of carboxylic acid groups (broad SMARTS) is 1. The van der Waals surface area contributed by atoms with Gasteiger partial charge in [0.15, 0.2) is 11.0 Å². The highest BCUT2D eigenvalue weighted by molar-refractivity contribution is 7.99. The number of aromatic nitrogens is 3. The van der Waals surface area contributed by atoms with E-state index >= 15 is 0 Å². The van der Waals surface area contributed by atoms with Crippen molar-refractivity contribution >= 4 is 23.4 Å². The summed E-state index contributed by atoms with van der Waals surface area (Å²) in [6, 6.07) is 8.03. The van der Waals surface area contributed by atoms with Crippen LogP contribution in [0.4, 0.5) is 5.69 Å². The van der Waals surface area contributed by atoms with Gasteiger partial charge < -0.3 is 24.5 Å². The van der Waals surface area contributed by atoms with Gasteiger partial charge in [-0.25, -0.2) is 0 Å². The number of benzene rings is 1. The van der Waals surface area contributed by atoms with Crippen molar-refractivity contribution in [3.63, 3.8) is 0 Å². The molecule has 0 amide bonds. The van der Waals surface area contributed by atoms with Crippen LogP contribution >= 0.6 is 11.8 Å². The molecule has 1 fully saturated rings. The minimum absolute atomic E-state index is 0.117. The largest absolute Gasteiger partial charge is 0.549 e. The van der Waals surface area contributed by atoms with Crippen LogP contribution in [0.1, 0.15) is 44.0 Å². The first-order valence-electron chi connectivity index (χ1n) is 8.81. The van der Waals surface area contributed by atoms with Gasteiger partial charge in [-0.2, -0.15) is 0 Å². The average Bonchev–Trinajstić information content (AvgIpc) is 3.08. The SMILES string of the molecule is COc1cccc(NCc2nnc(SCC(=O)[O-])n2C2CCCCC2)c1. The molecule has 1 saturated carbocycles. The molecule has 8 heteroatoms. The van der Waals surface area contributed by atoms with E-state index in [0.29, 0.717) is 17.7 Å². The van der Waals surface area contributed by atoms with Gasteiger partial charge in [-0.05, 0) is 25.0 Å². The second-order valence-electron chi connectivity index (χ2n) is 6.31. The lowest BCUT2D eigenvalue weighted by Gasteiger charge is -2.25. The molecule has 1 aromatic heterocycles. The van der Waals surface area contributed by atoms with E-state index in [1.807, 2.05) is 24.3 Å². The van der Waals surface area contributed by atoms with Gasteiger partial charge in [-0.3, -0.25) is 0 Å². The van der Waals surface area contributed by atoms with Crippen molar-refractivity contribution in [3.05, 3.63) is 30.1 Å². The van der Waals surface area contributed by atoms with Crippen LogP contribution in [0.25, 0.3) is 0 Å². The van der Waals surface area contributed by atoms with Crippen LogP contribution in [0.2, 0.25) is 0 Å². The smallest absolute Gasteiger partial charge is 0.191 e. The first-order valence-corrected chi connectivity index (χ1v) is 9.80. The predicted octanol–water partition coefficient (Wildman–Crippen LogP) is 2.25. The molecule has 2 aromatic rings. The summed E-state index contributed by atoms with van der Waals surface area (Å²) in [7, 11) is 1.64. The van der Waals surface area contributed by atoms with E-state index in [4.69, 9.17) is 4.74 Å². The van der Waals surface area contributed by atoms with Gasteiger partial charge in [0.25, 0.3) is 0 Å². The zero-order chi connectivity index (χ0) is 18.4. The lowest BCUT2D eigenvalue weighted by molar-refractivity contribution is -0.301. The molecule has 0 bridgehead atoms. The summed E-state index contributed by atoms with van der Waals surface area (Å²) < 4.78 is 7.36. The number of carbonyl (C=O) groups is 1. The van der Waals surface area contributed by atoms with Gasteiger partial charge in [0, 0.05) is 23.5 Å². The Kier molecular flexibility index (Phi) is 6.38. The van der Waals surface area contributed by atoms with Gasteiger partial charge in [0.05, 0.1) is 19.6 Å². The minimum atomic E-state index is -1.09. The molecule has 0 spiro atoms. The third-order valence-corrected chi connectivity index (χ3v) is 5.43. The first-order chi connectivity index (χ1) is 12.7. The highest BCUT2D eigenvalue weighted by Crippen LogP contribution is 2.32. The van der Waals surface area contributed by atoms with Crippen molar-refractivity contribution in [2.75, 3.05) is 18.2 Å². The molecule has 140 valence electrons. The number of methoxy groups -OCH3 is 1. The number of anilines is 1. The van der Waals surface area contributed by atoms with Gasteiger partial charge in [0.2, 0.25) is 0 Å². The number of hydrogen-bond donors (Lipinski definition) is 1. The number of nitrogens with zero attached hydrogens (tertiary/aromatic N) is 3.